The highest BCUT2D eigenvalue weighted by atomic mass is 32.2. The molecule has 146 valence electrons. The lowest BCUT2D eigenvalue weighted by atomic mass is 10.1. The van der Waals surface area contributed by atoms with Crippen LogP contribution in [0.1, 0.15) is 19.3 Å². The summed E-state index contributed by atoms with van der Waals surface area (Å²) in [4.78, 5) is 26.0. The van der Waals surface area contributed by atoms with Crippen molar-refractivity contribution in [1.29, 1.82) is 0 Å². The van der Waals surface area contributed by atoms with Gasteiger partial charge in [-0.2, -0.15) is 4.31 Å². The molecule has 27 heavy (non-hydrogen) atoms. The molecule has 1 atom stereocenters. The van der Waals surface area contributed by atoms with Gasteiger partial charge in [-0.25, -0.2) is 12.8 Å². The van der Waals surface area contributed by atoms with Crippen LogP contribution >= 0.6 is 0 Å². The minimum Gasteiger partial charge on any atom is -0.356 e. The van der Waals surface area contributed by atoms with Crippen LogP contribution in [-0.4, -0.2) is 61.7 Å². The summed E-state index contributed by atoms with van der Waals surface area (Å²) < 4.78 is 39.6. The average molecular weight is 395 g/mol. The first kappa shape index (κ1) is 18.4. The fraction of sp³-hybridized carbons (Fsp3) is 0.556. The Labute approximate surface area is 157 Å². The number of rotatable bonds is 6. The number of nitrogens with zero attached hydrogens (tertiary/aromatic N) is 2. The van der Waals surface area contributed by atoms with E-state index in [1.54, 1.807) is 4.90 Å². The second-order valence-electron chi connectivity index (χ2n) is 7.57. The molecule has 1 saturated carbocycles. The quantitative estimate of drug-likeness (QED) is 0.763. The van der Waals surface area contributed by atoms with E-state index in [2.05, 4.69) is 5.32 Å². The monoisotopic (exact) mass is 395 g/mol. The van der Waals surface area contributed by atoms with Crippen molar-refractivity contribution >= 4 is 21.8 Å². The Morgan fingerprint density at radius 1 is 1.22 bits per heavy atom. The van der Waals surface area contributed by atoms with Crippen molar-refractivity contribution in [3.8, 4) is 0 Å². The third-order valence-electron chi connectivity index (χ3n) is 5.49. The SMILES string of the molecule is O=C(NCC1CC1)C1CC(=O)N(C2CN(S(=O)(=O)c3cccc(F)c3)C2)C1. The van der Waals surface area contributed by atoms with Gasteiger partial charge in [0, 0.05) is 32.6 Å². The highest BCUT2D eigenvalue weighted by molar-refractivity contribution is 7.89. The van der Waals surface area contributed by atoms with Gasteiger partial charge in [0.1, 0.15) is 5.82 Å². The van der Waals surface area contributed by atoms with Crippen LogP contribution < -0.4 is 5.32 Å². The lowest BCUT2D eigenvalue weighted by Crippen LogP contribution is -2.61. The first-order chi connectivity index (χ1) is 12.8. The van der Waals surface area contributed by atoms with Crippen molar-refractivity contribution in [3.63, 3.8) is 0 Å². The van der Waals surface area contributed by atoms with E-state index in [1.165, 1.54) is 22.5 Å². The van der Waals surface area contributed by atoms with Crippen molar-refractivity contribution in [2.24, 2.45) is 11.8 Å². The lowest BCUT2D eigenvalue weighted by Gasteiger charge is -2.42. The van der Waals surface area contributed by atoms with E-state index in [1.807, 2.05) is 0 Å². The number of sulfonamides is 1. The topological polar surface area (TPSA) is 86.8 Å². The first-order valence-corrected chi connectivity index (χ1v) is 10.6. The Morgan fingerprint density at radius 3 is 2.63 bits per heavy atom. The Bertz CT molecular complexity index is 865. The molecule has 1 N–H and O–H groups in total. The smallest absolute Gasteiger partial charge is 0.243 e. The van der Waals surface area contributed by atoms with Crippen LogP contribution in [0.15, 0.2) is 29.2 Å². The maximum absolute atomic E-state index is 13.3. The molecule has 0 spiro atoms. The first-order valence-electron chi connectivity index (χ1n) is 9.17. The number of hydrogen-bond acceptors (Lipinski definition) is 4. The minimum atomic E-state index is -3.77. The van der Waals surface area contributed by atoms with E-state index in [-0.39, 0.29) is 48.2 Å². The predicted octanol–water partition coefficient (Wildman–Crippen LogP) is 0.573. The third kappa shape index (κ3) is 3.70. The number of benzene rings is 1. The van der Waals surface area contributed by atoms with E-state index in [9.17, 15) is 22.4 Å². The van der Waals surface area contributed by atoms with Crippen LogP contribution in [-0.2, 0) is 19.6 Å². The van der Waals surface area contributed by atoms with Gasteiger partial charge >= 0.3 is 0 Å². The van der Waals surface area contributed by atoms with Gasteiger partial charge in [-0.15, -0.1) is 0 Å². The fourth-order valence-electron chi connectivity index (χ4n) is 3.56. The summed E-state index contributed by atoms with van der Waals surface area (Å²) in [6, 6.07) is 4.66. The number of carbonyl (C=O) groups excluding carboxylic acids is 2. The number of carbonyl (C=O) groups is 2. The molecule has 1 unspecified atom stereocenters. The summed E-state index contributed by atoms with van der Waals surface area (Å²) in [5.74, 6) is -0.612. The predicted molar refractivity (Wildman–Crippen MR) is 94.5 cm³/mol. The molecular weight excluding hydrogens is 373 g/mol. The normalized spacial score (nSPS) is 24.1. The van der Waals surface area contributed by atoms with Gasteiger partial charge in [-0.1, -0.05) is 6.07 Å². The molecule has 2 heterocycles. The van der Waals surface area contributed by atoms with Crippen molar-refractivity contribution < 1.29 is 22.4 Å². The van der Waals surface area contributed by atoms with Crippen molar-refractivity contribution in [2.45, 2.75) is 30.2 Å². The van der Waals surface area contributed by atoms with Crippen LogP contribution in [0.25, 0.3) is 0 Å². The molecule has 2 aliphatic heterocycles. The van der Waals surface area contributed by atoms with E-state index in [0.717, 1.165) is 18.9 Å². The molecule has 9 heteroatoms. The largest absolute Gasteiger partial charge is 0.356 e. The van der Waals surface area contributed by atoms with Crippen LogP contribution in [0.4, 0.5) is 4.39 Å². The Kier molecular flexibility index (Phi) is 4.67. The summed E-state index contributed by atoms with van der Waals surface area (Å²) >= 11 is 0. The Hall–Kier alpha value is -2.00. The summed E-state index contributed by atoms with van der Waals surface area (Å²) in [5.41, 5.74) is 0. The van der Waals surface area contributed by atoms with Crippen LogP contribution in [0.3, 0.4) is 0 Å². The van der Waals surface area contributed by atoms with Gasteiger partial charge in [0.2, 0.25) is 21.8 Å². The van der Waals surface area contributed by atoms with Crippen molar-refractivity contribution in [1.82, 2.24) is 14.5 Å². The molecule has 3 fully saturated rings. The summed E-state index contributed by atoms with van der Waals surface area (Å²) in [5, 5.41) is 2.90. The zero-order valence-corrected chi connectivity index (χ0v) is 15.6. The molecule has 0 aromatic heterocycles. The maximum atomic E-state index is 13.3. The molecule has 2 amide bonds. The van der Waals surface area contributed by atoms with Crippen molar-refractivity contribution in [2.75, 3.05) is 26.2 Å². The second kappa shape index (κ2) is 6.87. The number of hydrogen-bond donors (Lipinski definition) is 1. The van der Waals surface area contributed by atoms with Crippen LogP contribution in [0.2, 0.25) is 0 Å². The number of nitrogens with one attached hydrogen (secondary N) is 1. The van der Waals surface area contributed by atoms with Gasteiger partial charge in [0.25, 0.3) is 0 Å². The molecule has 1 aliphatic carbocycles. The highest BCUT2D eigenvalue weighted by Gasteiger charge is 2.45. The lowest BCUT2D eigenvalue weighted by molar-refractivity contribution is -0.132. The number of likely N-dealkylation sites (tertiary alicyclic amines) is 1. The summed E-state index contributed by atoms with van der Waals surface area (Å²) in [6.45, 7) is 1.34. The average Bonchev–Trinajstić information content (AvgIpc) is 3.34. The van der Waals surface area contributed by atoms with Gasteiger partial charge in [0.15, 0.2) is 0 Å². The second-order valence-corrected chi connectivity index (χ2v) is 9.51. The van der Waals surface area contributed by atoms with Crippen molar-refractivity contribution in [3.05, 3.63) is 30.1 Å². The standard InChI is InChI=1S/C18H22FN3O4S/c19-14-2-1-3-16(7-14)27(25,26)21-10-15(11-21)22-9-13(6-17(22)23)18(24)20-8-12-4-5-12/h1-3,7,12-13,15H,4-6,8-11H2,(H,20,24). The van der Waals surface area contributed by atoms with E-state index in [0.29, 0.717) is 19.0 Å². The molecule has 7 nitrogen and oxygen atoms in total. The zero-order chi connectivity index (χ0) is 19.2. The highest BCUT2D eigenvalue weighted by Crippen LogP contribution is 2.30. The van der Waals surface area contributed by atoms with Crippen LogP contribution in [0.5, 0.6) is 0 Å². The molecule has 1 aromatic rings. The molecule has 1 aromatic carbocycles. The fourth-order valence-corrected chi connectivity index (χ4v) is 5.10. The van der Waals surface area contributed by atoms with Crippen LogP contribution in [0, 0.1) is 17.7 Å². The maximum Gasteiger partial charge on any atom is 0.243 e. The molecule has 2 saturated heterocycles. The van der Waals surface area contributed by atoms with Gasteiger partial charge in [-0.05, 0) is 37.0 Å². The van der Waals surface area contributed by atoms with E-state index >= 15 is 0 Å². The molecule has 0 bridgehead atoms. The van der Waals surface area contributed by atoms with E-state index in [4.69, 9.17) is 0 Å². The summed E-state index contributed by atoms with van der Waals surface area (Å²) in [7, 11) is -3.77. The number of halogens is 1. The summed E-state index contributed by atoms with van der Waals surface area (Å²) in [6.07, 6.45) is 2.46. The third-order valence-corrected chi connectivity index (χ3v) is 7.32. The zero-order valence-electron chi connectivity index (χ0n) is 14.8. The minimum absolute atomic E-state index is 0.0916. The van der Waals surface area contributed by atoms with Gasteiger partial charge in [0.05, 0.1) is 16.9 Å². The van der Waals surface area contributed by atoms with E-state index < -0.39 is 15.8 Å². The molecular formula is C18H22FN3O4S. The number of amides is 2. The molecule has 3 aliphatic rings. The van der Waals surface area contributed by atoms with Gasteiger partial charge in [-0.3, -0.25) is 9.59 Å². The Morgan fingerprint density at radius 2 is 1.96 bits per heavy atom. The Balaban J connectivity index is 1.33. The molecule has 4 rings (SSSR count). The molecule has 0 radical (unpaired) electrons. The van der Waals surface area contributed by atoms with Gasteiger partial charge < -0.3 is 10.2 Å².